The highest BCUT2D eigenvalue weighted by atomic mass is 15.1. The van der Waals surface area contributed by atoms with E-state index in [1.54, 1.807) is 0 Å². The van der Waals surface area contributed by atoms with Gasteiger partial charge in [-0.3, -0.25) is 0 Å². The standard InChI is InChI=1S/C55H42N2/c1-55(2)52-25-12-11-24-50(52)51-36-35-48(38-53(51)55)56(44-19-5-3-6-20-44)46-31-27-39(28-32-46)42-17-13-18-43(37-42)40-29-33-47(34-30-40)57(45-21-7-4-8-22-45)54-26-14-16-41-15-9-10-23-49(41)54/h3-38H,1-2H3. The van der Waals surface area contributed by atoms with Gasteiger partial charge in [0.1, 0.15) is 0 Å². The Morgan fingerprint density at radius 1 is 0.316 bits per heavy atom. The molecule has 0 spiro atoms. The van der Waals surface area contributed by atoms with Gasteiger partial charge in [-0.1, -0.05) is 159 Å². The fourth-order valence-electron chi connectivity index (χ4n) is 8.75. The van der Waals surface area contributed by atoms with Crippen LogP contribution in [0.4, 0.5) is 34.1 Å². The Morgan fingerprint density at radius 3 is 1.49 bits per heavy atom. The van der Waals surface area contributed by atoms with Gasteiger partial charge in [-0.05, 0) is 123 Å². The third-order valence-corrected chi connectivity index (χ3v) is 11.6. The van der Waals surface area contributed by atoms with Gasteiger partial charge in [0.15, 0.2) is 0 Å². The first-order chi connectivity index (χ1) is 28.0. The SMILES string of the molecule is CC1(C)c2ccccc2-c2ccc(N(c3ccccc3)c3ccc(-c4cccc(-c5ccc(N(c6ccccc6)c6cccc7ccccc67)cc5)c4)cc3)cc21. The molecule has 0 saturated carbocycles. The van der Waals surface area contributed by atoms with Gasteiger partial charge in [-0.2, -0.15) is 0 Å². The first-order valence-corrected chi connectivity index (χ1v) is 19.8. The molecule has 0 aliphatic heterocycles. The van der Waals surface area contributed by atoms with Crippen LogP contribution in [0.25, 0.3) is 44.2 Å². The van der Waals surface area contributed by atoms with Crippen LogP contribution in [0.1, 0.15) is 25.0 Å². The summed E-state index contributed by atoms with van der Waals surface area (Å²) in [7, 11) is 0. The summed E-state index contributed by atoms with van der Waals surface area (Å²) in [5.74, 6) is 0. The fraction of sp³-hybridized carbons (Fsp3) is 0.0545. The number of hydrogen-bond acceptors (Lipinski definition) is 2. The summed E-state index contributed by atoms with van der Waals surface area (Å²) in [6, 6.07) is 79.1. The van der Waals surface area contributed by atoms with Crippen molar-refractivity contribution in [2.24, 2.45) is 0 Å². The van der Waals surface area contributed by atoms with E-state index in [-0.39, 0.29) is 5.41 Å². The number of para-hydroxylation sites is 2. The molecule has 0 fully saturated rings. The molecule has 9 aromatic carbocycles. The predicted octanol–water partition coefficient (Wildman–Crippen LogP) is 15.4. The van der Waals surface area contributed by atoms with E-state index in [0.29, 0.717) is 0 Å². The van der Waals surface area contributed by atoms with Gasteiger partial charge in [0.05, 0.1) is 5.69 Å². The molecule has 0 saturated heterocycles. The van der Waals surface area contributed by atoms with E-state index in [0.717, 1.165) is 34.1 Å². The lowest BCUT2D eigenvalue weighted by atomic mass is 9.82. The average Bonchev–Trinajstić information content (AvgIpc) is 3.50. The summed E-state index contributed by atoms with van der Waals surface area (Å²) in [6.45, 7) is 4.69. The van der Waals surface area contributed by atoms with Gasteiger partial charge in [-0.15, -0.1) is 0 Å². The molecule has 57 heavy (non-hydrogen) atoms. The van der Waals surface area contributed by atoms with Crippen molar-refractivity contribution in [2.75, 3.05) is 9.80 Å². The minimum absolute atomic E-state index is 0.0719. The van der Waals surface area contributed by atoms with Gasteiger partial charge in [0, 0.05) is 39.2 Å². The van der Waals surface area contributed by atoms with Crippen LogP contribution in [-0.4, -0.2) is 0 Å². The van der Waals surface area contributed by atoms with Crippen LogP contribution in [0.3, 0.4) is 0 Å². The maximum atomic E-state index is 2.39. The molecule has 0 bridgehead atoms. The first kappa shape index (κ1) is 34.3. The average molecular weight is 731 g/mol. The highest BCUT2D eigenvalue weighted by Gasteiger charge is 2.35. The lowest BCUT2D eigenvalue weighted by Gasteiger charge is -2.28. The largest absolute Gasteiger partial charge is 0.310 e. The van der Waals surface area contributed by atoms with Crippen molar-refractivity contribution in [3.05, 3.63) is 230 Å². The number of anilines is 6. The van der Waals surface area contributed by atoms with Crippen molar-refractivity contribution in [2.45, 2.75) is 19.3 Å². The number of hydrogen-bond donors (Lipinski definition) is 0. The molecule has 0 heterocycles. The van der Waals surface area contributed by atoms with Crippen LogP contribution in [0.5, 0.6) is 0 Å². The van der Waals surface area contributed by atoms with Crippen molar-refractivity contribution in [1.29, 1.82) is 0 Å². The summed E-state index contributed by atoms with van der Waals surface area (Å²) in [5, 5.41) is 2.45. The smallest absolute Gasteiger partial charge is 0.0540 e. The van der Waals surface area contributed by atoms with Crippen LogP contribution in [0.2, 0.25) is 0 Å². The normalized spacial score (nSPS) is 12.5. The second kappa shape index (κ2) is 14.2. The molecule has 0 unspecified atom stereocenters. The van der Waals surface area contributed by atoms with Crippen molar-refractivity contribution in [3.63, 3.8) is 0 Å². The van der Waals surface area contributed by atoms with E-state index in [4.69, 9.17) is 0 Å². The van der Waals surface area contributed by atoms with Crippen molar-refractivity contribution >= 4 is 44.9 Å². The Morgan fingerprint density at radius 2 is 0.807 bits per heavy atom. The van der Waals surface area contributed by atoms with Gasteiger partial charge in [-0.25, -0.2) is 0 Å². The summed E-state index contributed by atoms with van der Waals surface area (Å²) >= 11 is 0. The van der Waals surface area contributed by atoms with E-state index in [1.807, 2.05) is 0 Å². The molecular weight excluding hydrogens is 689 g/mol. The highest BCUT2D eigenvalue weighted by Crippen LogP contribution is 2.50. The maximum Gasteiger partial charge on any atom is 0.0540 e. The second-order valence-corrected chi connectivity index (χ2v) is 15.4. The third kappa shape index (κ3) is 6.16. The number of fused-ring (bicyclic) bond motifs is 4. The maximum absolute atomic E-state index is 2.39. The van der Waals surface area contributed by atoms with Gasteiger partial charge >= 0.3 is 0 Å². The molecule has 272 valence electrons. The zero-order valence-corrected chi connectivity index (χ0v) is 32.2. The third-order valence-electron chi connectivity index (χ3n) is 11.6. The van der Waals surface area contributed by atoms with Crippen LogP contribution >= 0.6 is 0 Å². The molecule has 0 radical (unpaired) electrons. The number of benzene rings is 9. The Labute approximate surface area is 335 Å². The molecule has 1 aliphatic rings. The van der Waals surface area contributed by atoms with Crippen molar-refractivity contribution in [1.82, 2.24) is 0 Å². The number of rotatable bonds is 8. The molecule has 0 N–H and O–H groups in total. The topological polar surface area (TPSA) is 6.48 Å². The molecule has 0 atom stereocenters. The summed E-state index contributed by atoms with van der Waals surface area (Å²) in [5.41, 5.74) is 16.9. The summed E-state index contributed by atoms with van der Waals surface area (Å²) in [6.07, 6.45) is 0. The van der Waals surface area contributed by atoms with E-state index in [2.05, 4.69) is 242 Å². The highest BCUT2D eigenvalue weighted by molar-refractivity contribution is 5.99. The van der Waals surface area contributed by atoms with Crippen LogP contribution in [0.15, 0.2) is 218 Å². The quantitative estimate of drug-likeness (QED) is 0.154. The monoisotopic (exact) mass is 730 g/mol. The van der Waals surface area contributed by atoms with E-state index in [9.17, 15) is 0 Å². The van der Waals surface area contributed by atoms with Crippen LogP contribution in [0, 0.1) is 0 Å². The molecule has 1 aliphatic carbocycles. The van der Waals surface area contributed by atoms with E-state index in [1.165, 1.54) is 55.3 Å². The molecule has 2 heteroatoms. The van der Waals surface area contributed by atoms with Crippen LogP contribution < -0.4 is 9.80 Å². The zero-order chi connectivity index (χ0) is 38.3. The Balaban J connectivity index is 0.963. The number of nitrogens with zero attached hydrogens (tertiary/aromatic N) is 2. The van der Waals surface area contributed by atoms with Gasteiger partial charge < -0.3 is 9.80 Å². The lowest BCUT2D eigenvalue weighted by Crippen LogP contribution is -2.16. The zero-order valence-electron chi connectivity index (χ0n) is 32.2. The lowest BCUT2D eigenvalue weighted by molar-refractivity contribution is 0.660. The molecule has 9 aromatic rings. The Bertz CT molecular complexity index is 2850. The first-order valence-electron chi connectivity index (χ1n) is 19.8. The molecule has 2 nitrogen and oxygen atoms in total. The van der Waals surface area contributed by atoms with E-state index >= 15 is 0 Å². The minimum Gasteiger partial charge on any atom is -0.310 e. The van der Waals surface area contributed by atoms with Gasteiger partial charge in [0.2, 0.25) is 0 Å². The van der Waals surface area contributed by atoms with Gasteiger partial charge in [0.25, 0.3) is 0 Å². The van der Waals surface area contributed by atoms with E-state index < -0.39 is 0 Å². The minimum atomic E-state index is -0.0719. The summed E-state index contributed by atoms with van der Waals surface area (Å²) < 4.78 is 0. The molecule has 0 aromatic heterocycles. The van der Waals surface area contributed by atoms with Crippen molar-refractivity contribution in [3.8, 4) is 33.4 Å². The molecular formula is C55H42N2. The molecule has 10 rings (SSSR count). The fourth-order valence-corrected chi connectivity index (χ4v) is 8.75. The Kier molecular flexibility index (Phi) is 8.53. The molecule has 0 amide bonds. The summed E-state index contributed by atoms with van der Waals surface area (Å²) in [4.78, 5) is 4.73. The Hall–Kier alpha value is -7.16. The predicted molar refractivity (Wildman–Crippen MR) is 242 cm³/mol. The van der Waals surface area contributed by atoms with Crippen LogP contribution in [-0.2, 0) is 5.41 Å². The second-order valence-electron chi connectivity index (χ2n) is 15.4. The van der Waals surface area contributed by atoms with Crippen molar-refractivity contribution < 1.29 is 0 Å².